The first kappa shape index (κ1) is 16.7. The van der Waals surface area contributed by atoms with Gasteiger partial charge in [0.1, 0.15) is 0 Å². The van der Waals surface area contributed by atoms with Crippen LogP contribution < -0.4 is 5.32 Å². The molecule has 1 amide bonds. The number of carbonyl (C=O) groups excluding carboxylic acids is 1. The van der Waals surface area contributed by atoms with Gasteiger partial charge in [0.15, 0.2) is 0 Å². The molecule has 1 aliphatic rings. The van der Waals surface area contributed by atoms with Crippen LogP contribution in [0.5, 0.6) is 0 Å². The molecule has 126 valence electrons. The van der Waals surface area contributed by atoms with Crippen LogP contribution in [0.3, 0.4) is 0 Å². The van der Waals surface area contributed by atoms with Crippen LogP contribution in [0.15, 0.2) is 60.7 Å². The number of amides is 1. The average Bonchev–Trinajstić information content (AvgIpc) is 2.67. The Morgan fingerprint density at radius 1 is 1.04 bits per heavy atom. The monoisotopic (exact) mass is 323 g/mol. The first-order valence-corrected chi connectivity index (χ1v) is 8.69. The van der Waals surface area contributed by atoms with Gasteiger partial charge in [-0.2, -0.15) is 0 Å². The van der Waals surface area contributed by atoms with E-state index in [9.17, 15) is 4.79 Å². The predicted octanol–water partition coefficient (Wildman–Crippen LogP) is 3.65. The summed E-state index contributed by atoms with van der Waals surface area (Å²) in [7, 11) is 0. The molecule has 3 nitrogen and oxygen atoms in total. The molecule has 2 aromatic rings. The number of nitrogens with one attached hydrogen (secondary N) is 1. The second-order valence-electron chi connectivity index (χ2n) is 6.58. The Bertz CT molecular complexity index is 648. The summed E-state index contributed by atoms with van der Waals surface area (Å²) in [6, 6.07) is 20.4. The Balaban J connectivity index is 1.73. The van der Waals surface area contributed by atoms with Crippen molar-refractivity contribution in [2.24, 2.45) is 0 Å². The van der Waals surface area contributed by atoms with E-state index in [4.69, 9.17) is 4.74 Å². The van der Waals surface area contributed by atoms with Crippen LogP contribution >= 0.6 is 0 Å². The summed E-state index contributed by atoms with van der Waals surface area (Å²) in [6.45, 7) is 4.07. The zero-order valence-corrected chi connectivity index (χ0v) is 14.2. The van der Waals surface area contributed by atoms with Crippen LogP contribution in [0.25, 0.3) is 0 Å². The molecular weight excluding hydrogens is 298 g/mol. The van der Waals surface area contributed by atoms with Crippen LogP contribution in [0, 0.1) is 0 Å². The maximum atomic E-state index is 13.1. The fourth-order valence-corrected chi connectivity index (χ4v) is 3.44. The Morgan fingerprint density at radius 3 is 2.25 bits per heavy atom. The van der Waals surface area contributed by atoms with E-state index in [2.05, 4.69) is 36.5 Å². The molecule has 3 heteroatoms. The first-order chi connectivity index (χ1) is 11.7. The van der Waals surface area contributed by atoms with E-state index in [1.807, 2.05) is 36.4 Å². The van der Waals surface area contributed by atoms with Gasteiger partial charge in [-0.25, -0.2) is 0 Å². The molecule has 1 heterocycles. The maximum Gasteiger partial charge on any atom is 0.230 e. The van der Waals surface area contributed by atoms with Gasteiger partial charge >= 0.3 is 0 Å². The molecule has 3 rings (SSSR count). The molecule has 1 N–H and O–H groups in total. The molecule has 1 aliphatic heterocycles. The highest BCUT2D eigenvalue weighted by Crippen LogP contribution is 2.35. The van der Waals surface area contributed by atoms with Crippen molar-refractivity contribution in [2.45, 2.75) is 31.1 Å². The van der Waals surface area contributed by atoms with E-state index in [1.54, 1.807) is 0 Å². The minimum absolute atomic E-state index is 0.125. The summed E-state index contributed by atoms with van der Waals surface area (Å²) < 4.78 is 5.51. The van der Waals surface area contributed by atoms with Gasteiger partial charge in [-0.1, -0.05) is 67.6 Å². The van der Waals surface area contributed by atoms with Crippen molar-refractivity contribution in [3.8, 4) is 0 Å². The average molecular weight is 323 g/mol. The minimum Gasteiger partial charge on any atom is -0.381 e. The number of hydrogen-bond donors (Lipinski definition) is 1. The molecule has 2 aromatic carbocycles. The fraction of sp³-hybridized carbons (Fsp3) is 0.381. The van der Waals surface area contributed by atoms with Gasteiger partial charge in [0.05, 0.1) is 5.41 Å². The molecule has 0 saturated carbocycles. The van der Waals surface area contributed by atoms with Gasteiger partial charge < -0.3 is 10.1 Å². The van der Waals surface area contributed by atoms with E-state index < -0.39 is 5.41 Å². The van der Waals surface area contributed by atoms with Crippen molar-refractivity contribution in [1.82, 2.24) is 5.32 Å². The molecule has 0 bridgehead atoms. The van der Waals surface area contributed by atoms with Crippen LogP contribution in [0.4, 0.5) is 0 Å². The summed E-state index contributed by atoms with van der Waals surface area (Å²) >= 11 is 0. The summed E-state index contributed by atoms with van der Waals surface area (Å²) in [5, 5.41) is 3.20. The van der Waals surface area contributed by atoms with Gasteiger partial charge in [0, 0.05) is 19.8 Å². The standard InChI is InChI=1S/C21H25NO2/c1-17(18-8-4-2-5-9-18)16-22-20(23)21(12-14-24-15-13-21)19-10-6-3-7-11-19/h2-11,17H,12-16H2,1H3,(H,22,23)/t17-/m1/s1. The minimum atomic E-state index is -0.462. The third-order valence-corrected chi connectivity index (χ3v) is 5.04. The van der Waals surface area contributed by atoms with Crippen LogP contribution in [0.1, 0.15) is 36.8 Å². The third kappa shape index (κ3) is 3.51. The zero-order chi connectivity index (χ0) is 16.8. The molecule has 0 aromatic heterocycles. The van der Waals surface area contributed by atoms with Crippen molar-refractivity contribution in [1.29, 1.82) is 0 Å². The second kappa shape index (κ2) is 7.63. The predicted molar refractivity (Wildman–Crippen MR) is 96.0 cm³/mol. The van der Waals surface area contributed by atoms with E-state index >= 15 is 0 Å². The number of ether oxygens (including phenoxy) is 1. The van der Waals surface area contributed by atoms with Gasteiger partial charge in [0.25, 0.3) is 0 Å². The lowest BCUT2D eigenvalue weighted by Gasteiger charge is -2.36. The Morgan fingerprint density at radius 2 is 1.62 bits per heavy atom. The highest BCUT2D eigenvalue weighted by molar-refractivity contribution is 5.88. The van der Waals surface area contributed by atoms with Gasteiger partial charge in [-0.3, -0.25) is 4.79 Å². The maximum absolute atomic E-state index is 13.1. The van der Waals surface area contributed by atoms with Crippen molar-refractivity contribution in [3.05, 3.63) is 71.8 Å². The summed E-state index contributed by atoms with van der Waals surface area (Å²) in [6.07, 6.45) is 1.48. The fourth-order valence-electron chi connectivity index (χ4n) is 3.44. The highest BCUT2D eigenvalue weighted by Gasteiger charge is 2.41. The smallest absolute Gasteiger partial charge is 0.230 e. The van der Waals surface area contributed by atoms with Crippen molar-refractivity contribution >= 4 is 5.91 Å². The van der Waals surface area contributed by atoms with Gasteiger partial charge in [0.2, 0.25) is 5.91 Å². The number of carbonyl (C=O) groups is 1. The third-order valence-electron chi connectivity index (χ3n) is 5.04. The van der Waals surface area contributed by atoms with Gasteiger partial charge in [-0.05, 0) is 29.9 Å². The second-order valence-corrected chi connectivity index (χ2v) is 6.58. The van der Waals surface area contributed by atoms with Crippen molar-refractivity contribution < 1.29 is 9.53 Å². The summed E-state index contributed by atoms with van der Waals surface area (Å²) in [5.74, 6) is 0.419. The molecule has 0 unspecified atom stereocenters. The van der Waals surface area contributed by atoms with Crippen molar-refractivity contribution in [2.75, 3.05) is 19.8 Å². The number of benzene rings is 2. The lowest BCUT2D eigenvalue weighted by molar-refractivity contribution is -0.130. The Kier molecular flexibility index (Phi) is 5.31. The molecule has 24 heavy (non-hydrogen) atoms. The van der Waals surface area contributed by atoms with Crippen LogP contribution in [0.2, 0.25) is 0 Å². The number of rotatable bonds is 5. The van der Waals surface area contributed by atoms with E-state index in [-0.39, 0.29) is 5.91 Å². The normalized spacial score (nSPS) is 17.9. The SMILES string of the molecule is C[C@H](CNC(=O)C1(c2ccccc2)CCOCC1)c1ccccc1. The quantitative estimate of drug-likeness (QED) is 0.912. The molecule has 1 fully saturated rings. The summed E-state index contributed by atoms with van der Waals surface area (Å²) in [4.78, 5) is 13.1. The molecule has 0 aliphatic carbocycles. The Labute approximate surface area is 144 Å². The van der Waals surface area contributed by atoms with Crippen LogP contribution in [-0.2, 0) is 14.9 Å². The van der Waals surface area contributed by atoms with Gasteiger partial charge in [-0.15, -0.1) is 0 Å². The summed E-state index contributed by atoms with van der Waals surface area (Å²) in [5.41, 5.74) is 1.88. The molecular formula is C21H25NO2. The zero-order valence-electron chi connectivity index (χ0n) is 14.2. The van der Waals surface area contributed by atoms with Crippen molar-refractivity contribution in [3.63, 3.8) is 0 Å². The van der Waals surface area contributed by atoms with E-state index in [0.29, 0.717) is 25.7 Å². The topological polar surface area (TPSA) is 38.3 Å². The molecule has 1 atom stereocenters. The Hall–Kier alpha value is -2.13. The van der Waals surface area contributed by atoms with Crippen LogP contribution in [-0.4, -0.2) is 25.7 Å². The van der Waals surface area contributed by atoms with E-state index in [0.717, 1.165) is 18.4 Å². The molecule has 1 saturated heterocycles. The largest absolute Gasteiger partial charge is 0.381 e. The lowest BCUT2D eigenvalue weighted by Crippen LogP contribution is -2.48. The number of hydrogen-bond acceptors (Lipinski definition) is 2. The lowest BCUT2D eigenvalue weighted by atomic mass is 9.73. The highest BCUT2D eigenvalue weighted by atomic mass is 16.5. The first-order valence-electron chi connectivity index (χ1n) is 8.69. The molecule has 0 spiro atoms. The molecule has 0 radical (unpaired) electrons. The van der Waals surface area contributed by atoms with E-state index in [1.165, 1.54) is 5.56 Å².